The summed E-state index contributed by atoms with van der Waals surface area (Å²) in [7, 11) is 0. The molecule has 0 saturated carbocycles. The fourth-order valence-corrected chi connectivity index (χ4v) is 1.58. The van der Waals surface area contributed by atoms with Crippen LogP contribution in [-0.4, -0.2) is 34.2 Å². The number of aliphatic carboxylic acids is 1. The number of hydrogen-bond acceptors (Lipinski definition) is 4. The summed E-state index contributed by atoms with van der Waals surface area (Å²) in [6.07, 6.45) is 0. The summed E-state index contributed by atoms with van der Waals surface area (Å²) in [5, 5.41) is 12.5. The molecule has 0 aliphatic carbocycles. The van der Waals surface area contributed by atoms with E-state index in [0.717, 1.165) is 11.5 Å². The number of aromatic nitrogens is 1. The van der Waals surface area contributed by atoms with Crippen LogP contribution in [0.1, 0.15) is 11.5 Å². The first-order valence-corrected chi connectivity index (χ1v) is 4.52. The Labute approximate surface area is 81.3 Å². The third kappa shape index (κ3) is 1.77. The molecule has 0 unspecified atom stereocenters. The van der Waals surface area contributed by atoms with Gasteiger partial charge in [-0.1, -0.05) is 5.16 Å². The molecule has 0 radical (unpaired) electrons. The van der Waals surface area contributed by atoms with Crippen LogP contribution in [0.3, 0.4) is 0 Å². The molecular formula is C9H12N2O3. The van der Waals surface area contributed by atoms with E-state index in [1.54, 1.807) is 0 Å². The van der Waals surface area contributed by atoms with Crippen LogP contribution in [0.5, 0.6) is 0 Å². The molecule has 2 heterocycles. The predicted molar refractivity (Wildman–Crippen MR) is 47.6 cm³/mol. The topological polar surface area (TPSA) is 66.6 Å². The van der Waals surface area contributed by atoms with Crippen molar-refractivity contribution in [3.05, 3.63) is 17.5 Å². The first-order chi connectivity index (χ1) is 6.65. The van der Waals surface area contributed by atoms with Crippen LogP contribution >= 0.6 is 0 Å². The van der Waals surface area contributed by atoms with E-state index in [1.165, 1.54) is 0 Å². The van der Waals surface area contributed by atoms with Crippen molar-refractivity contribution in [1.82, 2.24) is 10.1 Å². The minimum Gasteiger partial charge on any atom is -0.481 e. The Morgan fingerprint density at radius 1 is 1.79 bits per heavy atom. The summed E-state index contributed by atoms with van der Waals surface area (Å²) in [5.41, 5.74) is 0.867. The van der Waals surface area contributed by atoms with Crippen molar-refractivity contribution in [3.8, 4) is 0 Å². The van der Waals surface area contributed by atoms with E-state index < -0.39 is 5.97 Å². The van der Waals surface area contributed by atoms with Crippen LogP contribution in [-0.2, 0) is 11.3 Å². The molecule has 0 spiro atoms. The Balaban J connectivity index is 1.82. The predicted octanol–water partition coefficient (Wildman–Crippen LogP) is 0.499. The van der Waals surface area contributed by atoms with Crippen LogP contribution in [0.4, 0.5) is 0 Å². The smallest absolute Gasteiger partial charge is 0.309 e. The van der Waals surface area contributed by atoms with E-state index in [0.29, 0.717) is 19.6 Å². The standard InChI is InChI=1S/C9H12N2O3/c1-6-2-8(10-14-6)5-11-3-7(4-11)9(12)13/h2,7H,3-5H2,1H3,(H,12,13). The SMILES string of the molecule is Cc1cc(CN2CC(C(=O)O)C2)no1. The van der Waals surface area contributed by atoms with E-state index in [1.807, 2.05) is 17.9 Å². The second kappa shape index (κ2) is 3.42. The molecule has 2 rings (SSSR count). The summed E-state index contributed by atoms with van der Waals surface area (Å²) in [5.74, 6) is -0.129. The van der Waals surface area contributed by atoms with Crippen molar-refractivity contribution in [2.75, 3.05) is 13.1 Å². The summed E-state index contributed by atoms with van der Waals surface area (Å²) in [4.78, 5) is 12.6. The molecule has 76 valence electrons. The van der Waals surface area contributed by atoms with Crippen molar-refractivity contribution in [3.63, 3.8) is 0 Å². The minimum atomic E-state index is -0.711. The number of hydrogen-bond donors (Lipinski definition) is 1. The first-order valence-electron chi connectivity index (χ1n) is 4.52. The quantitative estimate of drug-likeness (QED) is 0.762. The van der Waals surface area contributed by atoms with Crippen LogP contribution < -0.4 is 0 Å². The largest absolute Gasteiger partial charge is 0.481 e. The molecule has 1 saturated heterocycles. The molecule has 0 atom stereocenters. The van der Waals surface area contributed by atoms with Gasteiger partial charge in [-0.15, -0.1) is 0 Å². The van der Waals surface area contributed by atoms with Gasteiger partial charge in [-0.3, -0.25) is 9.69 Å². The number of aryl methyl sites for hydroxylation is 1. The first kappa shape index (κ1) is 9.21. The molecule has 5 nitrogen and oxygen atoms in total. The van der Waals surface area contributed by atoms with Gasteiger partial charge < -0.3 is 9.63 Å². The maximum atomic E-state index is 10.5. The van der Waals surface area contributed by atoms with Crippen LogP contribution in [0.2, 0.25) is 0 Å². The third-order valence-corrected chi connectivity index (χ3v) is 2.37. The molecular weight excluding hydrogens is 184 g/mol. The lowest BCUT2D eigenvalue weighted by Gasteiger charge is -2.35. The average Bonchev–Trinajstić information content (AvgIpc) is 2.42. The number of carboxylic acid groups (broad SMARTS) is 1. The number of nitrogens with zero attached hydrogens (tertiary/aromatic N) is 2. The Hall–Kier alpha value is -1.36. The fraction of sp³-hybridized carbons (Fsp3) is 0.556. The molecule has 1 aromatic rings. The molecule has 1 aliphatic heterocycles. The van der Waals surface area contributed by atoms with Crippen molar-refractivity contribution in [1.29, 1.82) is 0 Å². The molecule has 1 fully saturated rings. The maximum absolute atomic E-state index is 10.5. The van der Waals surface area contributed by atoms with Crippen molar-refractivity contribution < 1.29 is 14.4 Å². The van der Waals surface area contributed by atoms with Gasteiger partial charge in [0.05, 0.1) is 11.6 Å². The minimum absolute atomic E-state index is 0.206. The fourth-order valence-electron chi connectivity index (χ4n) is 1.58. The Morgan fingerprint density at radius 2 is 2.50 bits per heavy atom. The van der Waals surface area contributed by atoms with E-state index in [-0.39, 0.29) is 5.92 Å². The second-order valence-corrected chi connectivity index (χ2v) is 3.66. The lowest BCUT2D eigenvalue weighted by Crippen LogP contribution is -2.49. The molecule has 1 aliphatic rings. The zero-order valence-corrected chi connectivity index (χ0v) is 7.93. The average molecular weight is 196 g/mol. The Bertz CT molecular complexity index is 342. The molecule has 0 bridgehead atoms. The molecule has 1 aromatic heterocycles. The van der Waals surface area contributed by atoms with E-state index in [2.05, 4.69) is 5.16 Å². The van der Waals surface area contributed by atoms with Gasteiger partial charge in [0.25, 0.3) is 0 Å². The molecule has 14 heavy (non-hydrogen) atoms. The summed E-state index contributed by atoms with van der Waals surface area (Å²) < 4.78 is 4.92. The van der Waals surface area contributed by atoms with Gasteiger partial charge in [0.1, 0.15) is 5.76 Å². The summed E-state index contributed by atoms with van der Waals surface area (Å²) in [6.45, 7) is 3.75. The normalized spacial score (nSPS) is 18.1. The number of carbonyl (C=O) groups is 1. The van der Waals surface area contributed by atoms with Gasteiger partial charge in [0.15, 0.2) is 0 Å². The number of rotatable bonds is 3. The van der Waals surface area contributed by atoms with Gasteiger partial charge in [-0.25, -0.2) is 0 Å². The van der Waals surface area contributed by atoms with E-state index >= 15 is 0 Å². The number of carboxylic acids is 1. The summed E-state index contributed by atoms with van der Waals surface area (Å²) >= 11 is 0. The lowest BCUT2D eigenvalue weighted by molar-refractivity contribution is -0.147. The summed E-state index contributed by atoms with van der Waals surface area (Å²) in [6, 6.07) is 1.87. The van der Waals surface area contributed by atoms with Gasteiger partial charge in [0, 0.05) is 25.7 Å². The zero-order valence-electron chi connectivity index (χ0n) is 7.93. The van der Waals surface area contributed by atoms with Crippen molar-refractivity contribution in [2.24, 2.45) is 5.92 Å². The molecule has 0 amide bonds. The maximum Gasteiger partial charge on any atom is 0.309 e. The van der Waals surface area contributed by atoms with Crippen molar-refractivity contribution >= 4 is 5.97 Å². The van der Waals surface area contributed by atoms with Gasteiger partial charge in [-0.05, 0) is 6.92 Å². The third-order valence-electron chi connectivity index (χ3n) is 2.37. The van der Waals surface area contributed by atoms with Crippen LogP contribution in [0.25, 0.3) is 0 Å². The van der Waals surface area contributed by atoms with Gasteiger partial charge in [0.2, 0.25) is 0 Å². The van der Waals surface area contributed by atoms with E-state index in [4.69, 9.17) is 9.63 Å². The highest BCUT2D eigenvalue weighted by Gasteiger charge is 2.32. The Kier molecular flexibility index (Phi) is 2.25. The van der Waals surface area contributed by atoms with Gasteiger partial charge >= 0.3 is 5.97 Å². The van der Waals surface area contributed by atoms with Crippen LogP contribution in [0, 0.1) is 12.8 Å². The zero-order chi connectivity index (χ0) is 10.1. The Morgan fingerprint density at radius 3 is 3.00 bits per heavy atom. The highest BCUT2D eigenvalue weighted by molar-refractivity contribution is 5.71. The highest BCUT2D eigenvalue weighted by Crippen LogP contribution is 2.18. The monoisotopic (exact) mass is 196 g/mol. The van der Waals surface area contributed by atoms with E-state index in [9.17, 15) is 4.79 Å². The molecule has 5 heteroatoms. The van der Waals surface area contributed by atoms with Gasteiger partial charge in [-0.2, -0.15) is 0 Å². The number of likely N-dealkylation sites (tertiary alicyclic amines) is 1. The highest BCUT2D eigenvalue weighted by atomic mass is 16.5. The van der Waals surface area contributed by atoms with Crippen LogP contribution in [0.15, 0.2) is 10.6 Å². The molecule has 0 aromatic carbocycles. The second-order valence-electron chi connectivity index (χ2n) is 3.66. The van der Waals surface area contributed by atoms with Crippen molar-refractivity contribution in [2.45, 2.75) is 13.5 Å². The molecule has 1 N–H and O–H groups in total. The lowest BCUT2D eigenvalue weighted by atomic mass is 10.0.